The molecule has 1 N–H and O–H groups in total. The van der Waals surface area contributed by atoms with Gasteiger partial charge in [-0.05, 0) is 6.92 Å². The predicted molar refractivity (Wildman–Crippen MR) is 71.9 cm³/mol. The number of nitrogens with zero attached hydrogens (tertiary/aromatic N) is 2. The van der Waals surface area contributed by atoms with Crippen molar-refractivity contribution in [3.8, 4) is 0 Å². The number of hydrogen-bond donors (Lipinski definition) is 1. The zero-order chi connectivity index (χ0) is 12.0. The molecule has 0 aliphatic carbocycles. The Morgan fingerprint density at radius 3 is 2.75 bits per heavy atom. The SMILES string of the molecule is CC(CSC(C)(C)C)NCCn1ccnc1. The highest BCUT2D eigenvalue weighted by molar-refractivity contribution is 8.00. The molecule has 0 bridgehead atoms. The van der Waals surface area contributed by atoms with Crippen molar-refractivity contribution in [3.63, 3.8) is 0 Å². The summed E-state index contributed by atoms with van der Waals surface area (Å²) in [7, 11) is 0. The van der Waals surface area contributed by atoms with Gasteiger partial charge in [-0.25, -0.2) is 4.98 Å². The Morgan fingerprint density at radius 1 is 1.44 bits per heavy atom. The van der Waals surface area contributed by atoms with Crippen LogP contribution in [0.2, 0.25) is 0 Å². The van der Waals surface area contributed by atoms with Crippen LogP contribution in [0.15, 0.2) is 18.7 Å². The molecule has 0 amide bonds. The van der Waals surface area contributed by atoms with Crippen molar-refractivity contribution < 1.29 is 0 Å². The molecule has 1 unspecified atom stereocenters. The Balaban J connectivity index is 2.09. The fourth-order valence-electron chi connectivity index (χ4n) is 1.29. The number of nitrogens with one attached hydrogen (secondary N) is 1. The molecule has 0 radical (unpaired) electrons. The molecule has 0 spiro atoms. The Labute approximate surface area is 103 Å². The standard InChI is InChI=1S/C12H23N3S/c1-11(9-16-12(2,3)4)14-6-8-15-7-5-13-10-15/h5,7,10-11,14H,6,8-9H2,1-4H3. The first kappa shape index (κ1) is 13.6. The minimum absolute atomic E-state index is 0.361. The van der Waals surface area contributed by atoms with Gasteiger partial charge in [0.15, 0.2) is 0 Å². The summed E-state index contributed by atoms with van der Waals surface area (Å²) in [6.07, 6.45) is 5.67. The summed E-state index contributed by atoms with van der Waals surface area (Å²) in [6, 6.07) is 0.563. The van der Waals surface area contributed by atoms with Crippen molar-refractivity contribution in [1.82, 2.24) is 14.9 Å². The molecular formula is C12H23N3S. The van der Waals surface area contributed by atoms with Gasteiger partial charge in [0, 0.05) is 42.0 Å². The maximum absolute atomic E-state index is 4.02. The molecular weight excluding hydrogens is 218 g/mol. The fraction of sp³-hybridized carbons (Fsp3) is 0.750. The van der Waals surface area contributed by atoms with Crippen molar-refractivity contribution in [3.05, 3.63) is 18.7 Å². The largest absolute Gasteiger partial charge is 0.336 e. The van der Waals surface area contributed by atoms with Gasteiger partial charge in [0.25, 0.3) is 0 Å². The molecule has 1 heterocycles. The second kappa shape index (κ2) is 6.30. The van der Waals surface area contributed by atoms with Crippen LogP contribution in [0.5, 0.6) is 0 Å². The van der Waals surface area contributed by atoms with Crippen LogP contribution in [0.1, 0.15) is 27.7 Å². The van der Waals surface area contributed by atoms with Gasteiger partial charge >= 0.3 is 0 Å². The smallest absolute Gasteiger partial charge is 0.0946 e. The molecule has 3 nitrogen and oxygen atoms in total. The van der Waals surface area contributed by atoms with Crippen LogP contribution < -0.4 is 5.32 Å². The zero-order valence-electron chi connectivity index (χ0n) is 10.7. The van der Waals surface area contributed by atoms with E-state index in [0.29, 0.717) is 10.8 Å². The van der Waals surface area contributed by atoms with Crippen LogP contribution in [0.4, 0.5) is 0 Å². The second-order valence-corrected chi connectivity index (χ2v) is 6.93. The molecule has 1 aromatic rings. The first-order valence-electron chi connectivity index (χ1n) is 5.80. The summed E-state index contributed by atoms with van der Waals surface area (Å²) in [4.78, 5) is 4.02. The number of thioether (sulfide) groups is 1. The quantitative estimate of drug-likeness (QED) is 0.829. The lowest BCUT2D eigenvalue weighted by Crippen LogP contribution is -2.32. The van der Waals surface area contributed by atoms with E-state index in [-0.39, 0.29) is 0 Å². The van der Waals surface area contributed by atoms with E-state index in [1.807, 2.05) is 30.5 Å². The van der Waals surface area contributed by atoms with Crippen LogP contribution in [0, 0.1) is 0 Å². The van der Waals surface area contributed by atoms with E-state index >= 15 is 0 Å². The fourth-order valence-corrected chi connectivity index (χ4v) is 2.16. The molecule has 0 aliphatic rings. The Morgan fingerprint density at radius 2 is 2.19 bits per heavy atom. The van der Waals surface area contributed by atoms with Gasteiger partial charge in [0.05, 0.1) is 6.33 Å². The Bertz CT molecular complexity index is 277. The van der Waals surface area contributed by atoms with E-state index in [2.05, 4.69) is 42.6 Å². The number of aromatic nitrogens is 2. The van der Waals surface area contributed by atoms with Gasteiger partial charge < -0.3 is 9.88 Å². The van der Waals surface area contributed by atoms with Crippen molar-refractivity contribution in [2.24, 2.45) is 0 Å². The summed E-state index contributed by atoms with van der Waals surface area (Å²) in [6.45, 7) is 11.0. The Kier molecular flexibility index (Phi) is 5.35. The molecule has 1 aromatic heterocycles. The molecule has 0 fully saturated rings. The number of imidazole rings is 1. The third-order valence-electron chi connectivity index (χ3n) is 2.19. The molecule has 0 saturated heterocycles. The van der Waals surface area contributed by atoms with E-state index < -0.39 is 0 Å². The first-order valence-corrected chi connectivity index (χ1v) is 6.79. The second-order valence-electron chi connectivity index (χ2n) is 5.08. The van der Waals surface area contributed by atoms with Gasteiger partial charge in [0.1, 0.15) is 0 Å². The highest BCUT2D eigenvalue weighted by Gasteiger charge is 2.12. The maximum Gasteiger partial charge on any atom is 0.0946 e. The van der Waals surface area contributed by atoms with Crippen molar-refractivity contribution in [2.45, 2.75) is 45.0 Å². The van der Waals surface area contributed by atoms with Crippen LogP contribution >= 0.6 is 11.8 Å². The molecule has 0 saturated carbocycles. The number of rotatable bonds is 6. The minimum Gasteiger partial charge on any atom is -0.336 e. The zero-order valence-corrected chi connectivity index (χ0v) is 11.5. The van der Waals surface area contributed by atoms with Crippen molar-refractivity contribution >= 4 is 11.8 Å². The van der Waals surface area contributed by atoms with Crippen LogP contribution in [0.25, 0.3) is 0 Å². The summed E-state index contributed by atoms with van der Waals surface area (Å²) < 4.78 is 2.46. The Hall–Kier alpha value is -0.480. The van der Waals surface area contributed by atoms with Crippen molar-refractivity contribution in [2.75, 3.05) is 12.3 Å². The monoisotopic (exact) mass is 241 g/mol. The van der Waals surface area contributed by atoms with Crippen LogP contribution in [0.3, 0.4) is 0 Å². The molecule has 16 heavy (non-hydrogen) atoms. The molecule has 1 rings (SSSR count). The van der Waals surface area contributed by atoms with E-state index in [0.717, 1.165) is 18.8 Å². The van der Waals surface area contributed by atoms with Gasteiger partial charge in [-0.15, -0.1) is 0 Å². The lowest BCUT2D eigenvalue weighted by molar-refractivity contribution is 0.544. The minimum atomic E-state index is 0.361. The summed E-state index contributed by atoms with van der Waals surface area (Å²) >= 11 is 2.01. The first-order chi connectivity index (χ1) is 7.47. The third kappa shape index (κ3) is 6.18. The normalized spacial score (nSPS) is 14.0. The summed E-state index contributed by atoms with van der Waals surface area (Å²) in [5, 5.41) is 3.52. The van der Waals surface area contributed by atoms with E-state index in [9.17, 15) is 0 Å². The van der Waals surface area contributed by atoms with Gasteiger partial charge in [-0.1, -0.05) is 20.8 Å². The van der Waals surface area contributed by atoms with Crippen molar-refractivity contribution in [1.29, 1.82) is 0 Å². The summed E-state index contributed by atoms with van der Waals surface area (Å²) in [5.74, 6) is 1.16. The average molecular weight is 241 g/mol. The predicted octanol–water partition coefficient (Wildman–Crippen LogP) is 2.39. The lowest BCUT2D eigenvalue weighted by Gasteiger charge is -2.21. The number of hydrogen-bond acceptors (Lipinski definition) is 3. The average Bonchev–Trinajstić information content (AvgIpc) is 2.66. The van der Waals surface area contributed by atoms with E-state index in [1.54, 1.807) is 0 Å². The topological polar surface area (TPSA) is 29.9 Å². The highest BCUT2D eigenvalue weighted by Crippen LogP contribution is 2.23. The molecule has 0 aromatic carbocycles. The lowest BCUT2D eigenvalue weighted by atomic mass is 10.3. The molecule has 4 heteroatoms. The molecule has 1 atom stereocenters. The van der Waals surface area contributed by atoms with Gasteiger partial charge in [-0.3, -0.25) is 0 Å². The van der Waals surface area contributed by atoms with E-state index in [1.165, 1.54) is 0 Å². The van der Waals surface area contributed by atoms with Gasteiger partial charge in [0.2, 0.25) is 0 Å². The van der Waals surface area contributed by atoms with Crippen LogP contribution in [-0.4, -0.2) is 32.6 Å². The van der Waals surface area contributed by atoms with Crippen LogP contribution in [-0.2, 0) is 6.54 Å². The maximum atomic E-state index is 4.02. The highest BCUT2D eigenvalue weighted by atomic mass is 32.2. The third-order valence-corrected chi connectivity index (χ3v) is 3.72. The van der Waals surface area contributed by atoms with Gasteiger partial charge in [-0.2, -0.15) is 11.8 Å². The van der Waals surface area contributed by atoms with E-state index in [4.69, 9.17) is 0 Å². The molecule has 0 aliphatic heterocycles. The summed E-state index contributed by atoms with van der Waals surface area (Å²) in [5.41, 5.74) is 0. The molecule has 92 valence electrons.